The number of benzene rings is 2. The lowest BCUT2D eigenvalue weighted by Crippen LogP contribution is -2.10. The SMILES string of the molecule is NNc1cccc(Nc2ccc(F)c(Cl)c2)c1[N+](=O)[O-]. The van der Waals surface area contributed by atoms with Gasteiger partial charge in [-0.3, -0.25) is 16.0 Å². The van der Waals surface area contributed by atoms with Crippen LogP contribution in [0.5, 0.6) is 0 Å². The van der Waals surface area contributed by atoms with Crippen molar-refractivity contribution >= 4 is 34.4 Å². The Balaban J connectivity index is 2.42. The molecule has 0 radical (unpaired) electrons. The molecule has 0 aliphatic carbocycles. The average Bonchev–Trinajstić information content (AvgIpc) is 2.42. The summed E-state index contributed by atoms with van der Waals surface area (Å²) in [6, 6.07) is 8.50. The standard InChI is InChI=1S/C12H10ClFN4O2/c13-8-6-7(4-5-9(8)14)16-10-2-1-3-11(17-15)12(10)18(19)20/h1-6,16-17H,15H2. The molecule has 2 rings (SSSR count). The molecule has 0 amide bonds. The molecule has 0 fully saturated rings. The summed E-state index contributed by atoms with van der Waals surface area (Å²) in [4.78, 5) is 10.5. The van der Waals surface area contributed by atoms with E-state index in [1.807, 2.05) is 0 Å². The molecule has 0 unspecified atom stereocenters. The van der Waals surface area contributed by atoms with Crippen LogP contribution in [0.1, 0.15) is 0 Å². The Morgan fingerprint density at radius 1 is 1.25 bits per heavy atom. The summed E-state index contributed by atoms with van der Waals surface area (Å²) in [5.74, 6) is 4.68. The van der Waals surface area contributed by atoms with E-state index < -0.39 is 10.7 Å². The molecule has 8 heteroatoms. The first-order valence-corrected chi connectivity index (χ1v) is 5.87. The molecule has 0 aliphatic heterocycles. The fourth-order valence-electron chi connectivity index (χ4n) is 1.69. The summed E-state index contributed by atoms with van der Waals surface area (Å²) in [7, 11) is 0. The minimum absolute atomic E-state index is 0.0780. The first-order chi connectivity index (χ1) is 9.52. The third-order valence-electron chi connectivity index (χ3n) is 2.57. The van der Waals surface area contributed by atoms with Gasteiger partial charge in [0, 0.05) is 5.69 Å². The number of nitrogens with one attached hydrogen (secondary N) is 2. The molecule has 2 aromatic rings. The number of anilines is 3. The first-order valence-electron chi connectivity index (χ1n) is 5.49. The lowest BCUT2D eigenvalue weighted by Gasteiger charge is -2.10. The predicted molar refractivity (Wildman–Crippen MR) is 75.6 cm³/mol. The van der Waals surface area contributed by atoms with Gasteiger partial charge in [-0.05, 0) is 30.3 Å². The fourth-order valence-corrected chi connectivity index (χ4v) is 1.87. The van der Waals surface area contributed by atoms with Crippen molar-refractivity contribution in [2.75, 3.05) is 10.7 Å². The number of halogens is 2. The Bertz CT molecular complexity index is 666. The molecular weight excluding hydrogens is 287 g/mol. The highest BCUT2D eigenvalue weighted by atomic mass is 35.5. The van der Waals surface area contributed by atoms with Crippen LogP contribution in [0.3, 0.4) is 0 Å². The molecule has 0 bridgehead atoms. The molecule has 20 heavy (non-hydrogen) atoms. The highest BCUT2D eigenvalue weighted by Gasteiger charge is 2.19. The molecule has 4 N–H and O–H groups in total. The van der Waals surface area contributed by atoms with E-state index in [2.05, 4.69) is 10.7 Å². The van der Waals surface area contributed by atoms with Crippen molar-refractivity contribution in [3.63, 3.8) is 0 Å². The number of nitrogens with zero attached hydrogens (tertiary/aromatic N) is 1. The van der Waals surface area contributed by atoms with Crippen molar-refractivity contribution in [2.45, 2.75) is 0 Å². The maximum absolute atomic E-state index is 13.1. The highest BCUT2D eigenvalue weighted by molar-refractivity contribution is 6.31. The number of rotatable bonds is 4. The normalized spacial score (nSPS) is 10.2. The van der Waals surface area contributed by atoms with Gasteiger partial charge in [0.1, 0.15) is 17.2 Å². The molecule has 0 heterocycles. The fraction of sp³-hybridized carbons (Fsp3) is 0. The smallest absolute Gasteiger partial charge is 0.316 e. The van der Waals surface area contributed by atoms with E-state index in [0.717, 1.165) is 0 Å². The van der Waals surface area contributed by atoms with Crippen molar-refractivity contribution in [2.24, 2.45) is 5.84 Å². The van der Waals surface area contributed by atoms with Crippen LogP contribution in [0.25, 0.3) is 0 Å². The van der Waals surface area contributed by atoms with Crippen LogP contribution in [0.2, 0.25) is 5.02 Å². The minimum atomic E-state index is -0.567. The van der Waals surface area contributed by atoms with Crippen LogP contribution in [0.4, 0.5) is 27.1 Å². The van der Waals surface area contributed by atoms with E-state index in [1.54, 1.807) is 6.07 Å². The summed E-state index contributed by atoms with van der Waals surface area (Å²) in [6.07, 6.45) is 0. The predicted octanol–water partition coefficient (Wildman–Crippen LogP) is 3.42. The van der Waals surface area contributed by atoms with E-state index >= 15 is 0 Å². The Morgan fingerprint density at radius 2 is 1.95 bits per heavy atom. The monoisotopic (exact) mass is 296 g/mol. The number of hydrogen-bond acceptors (Lipinski definition) is 5. The molecule has 104 valence electrons. The largest absolute Gasteiger partial charge is 0.350 e. The van der Waals surface area contributed by atoms with Crippen molar-refractivity contribution in [1.82, 2.24) is 0 Å². The summed E-state index contributed by atoms with van der Waals surface area (Å²) in [5.41, 5.74) is 2.84. The maximum atomic E-state index is 13.1. The van der Waals surface area contributed by atoms with Crippen LogP contribution in [0.15, 0.2) is 36.4 Å². The van der Waals surface area contributed by atoms with Gasteiger partial charge in [0.05, 0.1) is 9.95 Å². The Labute approximate surface area is 118 Å². The molecule has 2 aromatic carbocycles. The summed E-state index contributed by atoms with van der Waals surface area (Å²) in [6.45, 7) is 0. The summed E-state index contributed by atoms with van der Waals surface area (Å²) < 4.78 is 13.1. The zero-order valence-electron chi connectivity index (χ0n) is 10.1. The van der Waals surface area contributed by atoms with Crippen LogP contribution >= 0.6 is 11.6 Å². The second-order valence-electron chi connectivity index (χ2n) is 3.86. The quantitative estimate of drug-likeness (QED) is 0.456. The van der Waals surface area contributed by atoms with E-state index in [1.165, 1.54) is 30.3 Å². The van der Waals surface area contributed by atoms with Gasteiger partial charge in [-0.15, -0.1) is 0 Å². The van der Waals surface area contributed by atoms with E-state index in [9.17, 15) is 14.5 Å². The molecular formula is C12H10ClFN4O2. The van der Waals surface area contributed by atoms with Gasteiger partial charge < -0.3 is 10.7 Å². The zero-order valence-corrected chi connectivity index (χ0v) is 10.8. The number of nitro groups is 1. The number of hydrazine groups is 1. The Morgan fingerprint density at radius 3 is 2.55 bits per heavy atom. The molecule has 6 nitrogen and oxygen atoms in total. The maximum Gasteiger partial charge on any atom is 0.316 e. The number of para-hydroxylation sites is 1. The minimum Gasteiger partial charge on any atom is -0.350 e. The van der Waals surface area contributed by atoms with Gasteiger partial charge in [-0.1, -0.05) is 17.7 Å². The van der Waals surface area contributed by atoms with Crippen molar-refractivity contribution in [3.05, 3.63) is 57.4 Å². The zero-order chi connectivity index (χ0) is 14.7. The van der Waals surface area contributed by atoms with Gasteiger partial charge in [-0.2, -0.15) is 0 Å². The van der Waals surface area contributed by atoms with E-state index in [0.29, 0.717) is 5.69 Å². The van der Waals surface area contributed by atoms with Crippen molar-refractivity contribution in [3.8, 4) is 0 Å². The third kappa shape index (κ3) is 2.79. The highest BCUT2D eigenvalue weighted by Crippen LogP contribution is 2.34. The van der Waals surface area contributed by atoms with Crippen LogP contribution < -0.4 is 16.6 Å². The van der Waals surface area contributed by atoms with Gasteiger partial charge in [0.25, 0.3) is 0 Å². The second-order valence-corrected chi connectivity index (χ2v) is 4.26. The number of nitrogens with two attached hydrogens (primary N) is 1. The van der Waals surface area contributed by atoms with Gasteiger partial charge in [0.2, 0.25) is 0 Å². The molecule has 0 aromatic heterocycles. The molecule has 0 aliphatic rings. The lowest BCUT2D eigenvalue weighted by molar-refractivity contribution is -0.383. The van der Waals surface area contributed by atoms with Gasteiger partial charge >= 0.3 is 5.69 Å². The number of hydrogen-bond donors (Lipinski definition) is 3. The second kappa shape index (κ2) is 5.72. The third-order valence-corrected chi connectivity index (χ3v) is 2.86. The Kier molecular flexibility index (Phi) is 4.02. The van der Waals surface area contributed by atoms with Crippen LogP contribution in [-0.4, -0.2) is 4.92 Å². The summed E-state index contributed by atoms with van der Waals surface area (Å²) in [5, 5.41) is 13.8. The number of nitrogen functional groups attached to an aromatic ring is 1. The van der Waals surface area contributed by atoms with Crippen molar-refractivity contribution in [1.29, 1.82) is 0 Å². The Hall–Kier alpha value is -2.38. The lowest BCUT2D eigenvalue weighted by atomic mass is 10.2. The molecule has 0 saturated carbocycles. The van der Waals surface area contributed by atoms with Gasteiger partial charge in [-0.25, -0.2) is 4.39 Å². The van der Waals surface area contributed by atoms with E-state index in [-0.39, 0.29) is 22.1 Å². The van der Waals surface area contributed by atoms with Crippen molar-refractivity contribution < 1.29 is 9.31 Å². The topological polar surface area (TPSA) is 93.2 Å². The average molecular weight is 297 g/mol. The first kappa shape index (κ1) is 14.0. The van der Waals surface area contributed by atoms with Crippen LogP contribution in [0, 0.1) is 15.9 Å². The summed E-state index contributed by atoms with van der Waals surface area (Å²) >= 11 is 5.66. The molecule has 0 atom stereocenters. The number of nitro benzene ring substituents is 1. The van der Waals surface area contributed by atoms with E-state index in [4.69, 9.17) is 17.4 Å². The molecule has 0 saturated heterocycles. The van der Waals surface area contributed by atoms with Gasteiger partial charge in [0.15, 0.2) is 0 Å². The molecule has 0 spiro atoms. The van der Waals surface area contributed by atoms with Crippen LogP contribution in [-0.2, 0) is 0 Å².